The van der Waals surface area contributed by atoms with Gasteiger partial charge in [0.1, 0.15) is 11.2 Å². The van der Waals surface area contributed by atoms with Gasteiger partial charge in [-0.05, 0) is 128 Å². The number of aliphatic hydroxyl groups is 3. The van der Waals surface area contributed by atoms with Gasteiger partial charge in [0.05, 0.1) is 36.2 Å². The van der Waals surface area contributed by atoms with Gasteiger partial charge in [-0.1, -0.05) is 69.9 Å². The Morgan fingerprint density at radius 2 is 1.78 bits per heavy atom. The number of fused-ring (bicyclic) bond motifs is 6. The molecule has 4 aliphatic carbocycles. The van der Waals surface area contributed by atoms with Crippen molar-refractivity contribution in [2.24, 2.45) is 46.3 Å². The zero-order chi connectivity index (χ0) is 39.3. The van der Waals surface area contributed by atoms with Gasteiger partial charge in [0.15, 0.2) is 0 Å². The number of rotatable bonds is 9. The molecule has 0 aliphatic heterocycles. The summed E-state index contributed by atoms with van der Waals surface area (Å²) in [5.41, 5.74) is 2.84. The number of anilines is 1. The second-order valence-corrected chi connectivity index (χ2v) is 17.7. The maximum atomic E-state index is 12.9. The van der Waals surface area contributed by atoms with E-state index in [9.17, 15) is 30.0 Å². The molecule has 294 valence electrons. The molecule has 11 atom stereocenters. The molecule has 55 heavy (non-hydrogen) atoms. The number of carboxylic acid groups (broad SMARTS) is 1. The lowest BCUT2D eigenvalue weighted by Crippen LogP contribution is -2.63. The third kappa shape index (κ3) is 7.04. The molecule has 4 saturated carbocycles. The summed E-state index contributed by atoms with van der Waals surface area (Å²) in [6.45, 7) is 9.12. The average Bonchev–Trinajstić information content (AvgIpc) is 3.54. The zero-order valence-corrected chi connectivity index (χ0v) is 33.0. The Kier molecular flexibility index (Phi) is 10.8. The van der Waals surface area contributed by atoms with Crippen LogP contribution in [0.2, 0.25) is 0 Å². The first-order valence-electron chi connectivity index (χ1n) is 20.4. The highest BCUT2D eigenvalue weighted by molar-refractivity contribution is 6.06. The third-order valence-electron chi connectivity index (χ3n) is 15.0. The number of para-hydroxylation sites is 1. The minimum absolute atomic E-state index is 0.0841. The van der Waals surface area contributed by atoms with Crippen LogP contribution in [0.15, 0.2) is 48.5 Å². The van der Waals surface area contributed by atoms with E-state index in [1.54, 1.807) is 0 Å². The number of hydrogen-bond acceptors (Lipinski definition) is 8. The van der Waals surface area contributed by atoms with Crippen LogP contribution in [-0.2, 0) is 22.5 Å². The molecule has 7 rings (SSSR count). The van der Waals surface area contributed by atoms with Crippen LogP contribution in [0.4, 0.5) is 5.69 Å². The van der Waals surface area contributed by atoms with Gasteiger partial charge < -0.3 is 30.5 Å². The Morgan fingerprint density at radius 1 is 1.04 bits per heavy atom. The second-order valence-electron chi connectivity index (χ2n) is 17.7. The van der Waals surface area contributed by atoms with E-state index in [-0.39, 0.29) is 52.8 Å². The maximum Gasteiger partial charge on any atom is 0.341 e. The molecule has 5 N–H and O–H groups in total. The van der Waals surface area contributed by atoms with Gasteiger partial charge in [-0.25, -0.2) is 4.79 Å². The normalized spacial score (nSPS) is 34.4. The molecule has 3 aromatic rings. The number of hydrogen-bond donors (Lipinski definition) is 5. The van der Waals surface area contributed by atoms with Crippen LogP contribution >= 0.6 is 0 Å². The van der Waals surface area contributed by atoms with Crippen molar-refractivity contribution in [3.05, 3.63) is 70.9 Å². The monoisotopic (exact) mass is 750 g/mol. The summed E-state index contributed by atoms with van der Waals surface area (Å²) in [7, 11) is 1.38. The molecule has 9 nitrogen and oxygen atoms in total. The number of methoxy groups -OCH3 is 1. The summed E-state index contributed by atoms with van der Waals surface area (Å²) in [6, 6.07) is 15.7. The maximum absolute atomic E-state index is 12.9. The van der Waals surface area contributed by atoms with E-state index in [1.807, 2.05) is 55.5 Å². The predicted octanol–water partition coefficient (Wildman–Crippen LogP) is 7.38. The molecule has 0 saturated heterocycles. The molecule has 9 heteroatoms. The molecule has 0 spiro atoms. The molecule has 4 aliphatic rings. The van der Waals surface area contributed by atoms with Crippen LogP contribution in [-0.4, -0.2) is 62.3 Å². The van der Waals surface area contributed by atoms with E-state index < -0.39 is 29.7 Å². The Labute approximate surface area is 325 Å². The van der Waals surface area contributed by atoms with Crippen molar-refractivity contribution in [2.75, 3.05) is 12.4 Å². The fraction of sp³-hybridized carbons (Fsp3) is 0.587. The summed E-state index contributed by atoms with van der Waals surface area (Å²) in [6.07, 6.45) is 5.31. The number of aryl methyl sites for hydroxylation is 1. The van der Waals surface area contributed by atoms with Crippen LogP contribution in [0, 0.1) is 58.2 Å². The van der Waals surface area contributed by atoms with Crippen molar-refractivity contribution in [2.45, 2.75) is 116 Å². The molecule has 0 amide bonds. The summed E-state index contributed by atoms with van der Waals surface area (Å²) < 4.78 is 5.14. The molecule has 4 fully saturated rings. The molecular weight excluding hydrogens is 693 g/mol. The first-order valence-corrected chi connectivity index (χ1v) is 20.4. The topological polar surface area (TPSA) is 149 Å². The van der Waals surface area contributed by atoms with Crippen LogP contribution in [0.5, 0.6) is 0 Å². The number of benzene rings is 2. The molecule has 11 unspecified atom stereocenters. The van der Waals surface area contributed by atoms with E-state index >= 15 is 0 Å². The van der Waals surface area contributed by atoms with Crippen molar-refractivity contribution >= 4 is 28.5 Å². The van der Waals surface area contributed by atoms with Gasteiger partial charge in [0.25, 0.3) is 0 Å². The molecule has 2 aromatic carbocycles. The standard InChI is InChI=1S/C46H58N2O7/c1-6-35-41(43(53)55-5)42(31-9-7-8-10-36(31)48-35)47-26-29-14-12-28(13-15-29)19-20-46(54)22-21-44(3)30(25-46)23-37(49)40-33-17-16-32(27(2)11-18-39(51)52)45(33,4)38(50)24-34(40)44/h7-10,12-15,27,30,32-34,37-38,40,49-50,54H,6,11,16-18,21-26H2,1-5H3,(H,47,48)(H,51,52). The van der Waals surface area contributed by atoms with Crippen molar-refractivity contribution in [3.8, 4) is 11.8 Å². The number of carbonyl (C=O) groups is 2. The highest BCUT2D eigenvalue weighted by Crippen LogP contribution is 2.69. The van der Waals surface area contributed by atoms with Crippen molar-refractivity contribution in [1.82, 2.24) is 4.98 Å². The number of pyridine rings is 1. The molecule has 1 aromatic heterocycles. The Hall–Kier alpha value is -3.97. The Morgan fingerprint density at radius 3 is 2.49 bits per heavy atom. The van der Waals surface area contributed by atoms with Crippen molar-refractivity contribution in [1.29, 1.82) is 0 Å². The van der Waals surface area contributed by atoms with Gasteiger partial charge in [0, 0.05) is 23.9 Å². The number of carbonyl (C=O) groups excluding carboxylic acids is 1. The van der Waals surface area contributed by atoms with Gasteiger partial charge in [-0.3, -0.25) is 9.78 Å². The van der Waals surface area contributed by atoms with E-state index in [4.69, 9.17) is 9.72 Å². The number of aliphatic carboxylic acids is 1. The molecular formula is C46H58N2O7. The number of carboxylic acids is 1. The van der Waals surface area contributed by atoms with Gasteiger partial charge in [-0.15, -0.1) is 0 Å². The zero-order valence-electron chi connectivity index (χ0n) is 33.0. The summed E-state index contributed by atoms with van der Waals surface area (Å²) in [5.74, 6) is 6.24. The highest BCUT2D eigenvalue weighted by atomic mass is 16.5. The Balaban J connectivity index is 1.03. The van der Waals surface area contributed by atoms with Crippen LogP contribution in [0.3, 0.4) is 0 Å². The first kappa shape index (κ1) is 39.3. The summed E-state index contributed by atoms with van der Waals surface area (Å²) in [4.78, 5) is 28.9. The fourth-order valence-corrected chi connectivity index (χ4v) is 11.9. The van der Waals surface area contributed by atoms with E-state index in [2.05, 4.69) is 37.9 Å². The summed E-state index contributed by atoms with van der Waals surface area (Å²) >= 11 is 0. The lowest BCUT2D eigenvalue weighted by molar-refractivity contribution is -0.211. The fourth-order valence-electron chi connectivity index (χ4n) is 11.9. The van der Waals surface area contributed by atoms with Crippen LogP contribution in [0.25, 0.3) is 10.9 Å². The number of nitrogens with zero attached hydrogens (tertiary/aromatic N) is 1. The largest absolute Gasteiger partial charge is 0.481 e. The second kappa shape index (κ2) is 15.2. The van der Waals surface area contributed by atoms with Crippen molar-refractivity contribution in [3.63, 3.8) is 0 Å². The minimum Gasteiger partial charge on any atom is -0.481 e. The first-order chi connectivity index (χ1) is 26.2. The number of ether oxygens (including phenoxy) is 1. The lowest BCUT2D eigenvalue weighted by Gasteiger charge is -2.64. The van der Waals surface area contributed by atoms with Crippen LogP contribution in [0.1, 0.15) is 113 Å². The number of nitrogens with one attached hydrogen (secondary N) is 1. The molecule has 0 radical (unpaired) electrons. The number of aromatic nitrogens is 1. The summed E-state index contributed by atoms with van der Waals surface area (Å²) in [5, 5.41) is 49.3. The van der Waals surface area contributed by atoms with Gasteiger partial charge in [0.2, 0.25) is 0 Å². The lowest BCUT2D eigenvalue weighted by atomic mass is 9.42. The van der Waals surface area contributed by atoms with E-state index in [1.165, 1.54) is 7.11 Å². The quantitative estimate of drug-likeness (QED) is 0.112. The van der Waals surface area contributed by atoms with Gasteiger partial charge in [-0.2, -0.15) is 0 Å². The van der Waals surface area contributed by atoms with Crippen molar-refractivity contribution < 1.29 is 34.8 Å². The minimum atomic E-state index is -1.17. The third-order valence-corrected chi connectivity index (χ3v) is 15.0. The SMILES string of the molecule is CCc1nc2ccccc2c(NCc2ccc(C#CC3(O)CCC4(C)C(CC(O)C5C4CC(O)C4(C)C(C(C)CCC(=O)O)CCC54)C3)cc2)c1C(=O)OC. The molecule has 0 bridgehead atoms. The number of esters is 1. The van der Waals surface area contributed by atoms with Crippen LogP contribution < -0.4 is 5.32 Å². The number of aliphatic hydroxyl groups excluding tert-OH is 2. The molecule has 1 heterocycles. The van der Waals surface area contributed by atoms with Gasteiger partial charge >= 0.3 is 11.9 Å². The Bertz CT molecular complexity index is 1990. The smallest absolute Gasteiger partial charge is 0.341 e. The highest BCUT2D eigenvalue weighted by Gasteiger charge is 2.66. The van der Waals surface area contributed by atoms with E-state index in [0.29, 0.717) is 62.0 Å². The van der Waals surface area contributed by atoms with E-state index in [0.717, 1.165) is 41.3 Å². The average molecular weight is 751 g/mol. The predicted molar refractivity (Wildman–Crippen MR) is 212 cm³/mol.